The lowest BCUT2D eigenvalue weighted by atomic mass is 10.1. The van der Waals surface area contributed by atoms with Crippen molar-refractivity contribution in [1.82, 2.24) is 25.0 Å². The van der Waals surface area contributed by atoms with E-state index in [2.05, 4.69) is 20.4 Å². The standard InChI is InChI=1S/C20H19N5O2/c1-13-16(14(2)27-24-13)10-19(26)22-11-15-6-5-9-21-20(15)25-12-23-17-7-3-4-8-18(17)25/h3-9,12H,10-11H2,1-2H3,(H,22,26). The van der Waals surface area contributed by atoms with Crippen molar-refractivity contribution in [3.63, 3.8) is 0 Å². The number of nitrogens with zero attached hydrogens (tertiary/aromatic N) is 4. The van der Waals surface area contributed by atoms with Crippen molar-refractivity contribution in [2.24, 2.45) is 0 Å². The summed E-state index contributed by atoms with van der Waals surface area (Å²) < 4.78 is 7.05. The van der Waals surface area contributed by atoms with Gasteiger partial charge in [-0.25, -0.2) is 9.97 Å². The Morgan fingerprint density at radius 1 is 1.15 bits per heavy atom. The van der Waals surface area contributed by atoms with Crippen molar-refractivity contribution < 1.29 is 9.32 Å². The van der Waals surface area contributed by atoms with E-state index in [0.717, 1.165) is 33.7 Å². The normalized spacial score (nSPS) is 11.0. The van der Waals surface area contributed by atoms with E-state index in [4.69, 9.17) is 4.52 Å². The molecule has 1 amide bonds. The number of rotatable bonds is 5. The highest BCUT2D eigenvalue weighted by Crippen LogP contribution is 2.19. The van der Waals surface area contributed by atoms with Crippen LogP contribution in [0.25, 0.3) is 16.9 Å². The minimum absolute atomic E-state index is 0.0882. The average Bonchev–Trinajstić information content (AvgIpc) is 3.25. The number of imidazole rings is 1. The van der Waals surface area contributed by atoms with Gasteiger partial charge in [-0.05, 0) is 32.0 Å². The summed E-state index contributed by atoms with van der Waals surface area (Å²) in [5.41, 5.74) is 4.36. The number of pyridine rings is 1. The summed E-state index contributed by atoms with van der Waals surface area (Å²) in [6.45, 7) is 4.02. The first-order valence-corrected chi connectivity index (χ1v) is 8.68. The van der Waals surface area contributed by atoms with Crippen LogP contribution in [-0.2, 0) is 17.8 Å². The van der Waals surface area contributed by atoms with Gasteiger partial charge < -0.3 is 9.84 Å². The molecule has 0 aliphatic heterocycles. The van der Waals surface area contributed by atoms with Crippen LogP contribution in [0, 0.1) is 13.8 Å². The zero-order valence-corrected chi connectivity index (χ0v) is 15.1. The van der Waals surface area contributed by atoms with Crippen molar-refractivity contribution in [2.75, 3.05) is 0 Å². The monoisotopic (exact) mass is 361 g/mol. The van der Waals surface area contributed by atoms with Gasteiger partial charge in [0.15, 0.2) is 0 Å². The van der Waals surface area contributed by atoms with E-state index in [-0.39, 0.29) is 12.3 Å². The highest BCUT2D eigenvalue weighted by Gasteiger charge is 2.15. The molecule has 4 aromatic rings. The van der Waals surface area contributed by atoms with Gasteiger partial charge in [-0.3, -0.25) is 9.36 Å². The van der Waals surface area contributed by atoms with Crippen LogP contribution in [0.4, 0.5) is 0 Å². The Labute approximate surface area is 156 Å². The van der Waals surface area contributed by atoms with Crippen LogP contribution < -0.4 is 5.32 Å². The fourth-order valence-corrected chi connectivity index (χ4v) is 3.08. The number of para-hydroxylation sites is 2. The van der Waals surface area contributed by atoms with Crippen molar-refractivity contribution in [3.8, 4) is 5.82 Å². The second-order valence-electron chi connectivity index (χ2n) is 6.35. The molecule has 7 heteroatoms. The lowest BCUT2D eigenvalue weighted by Crippen LogP contribution is -2.25. The van der Waals surface area contributed by atoms with Gasteiger partial charge in [0.1, 0.15) is 17.9 Å². The molecule has 4 rings (SSSR count). The molecule has 3 heterocycles. The molecule has 1 aromatic carbocycles. The summed E-state index contributed by atoms with van der Waals surface area (Å²) in [6, 6.07) is 11.7. The van der Waals surface area contributed by atoms with E-state index < -0.39 is 0 Å². The van der Waals surface area contributed by atoms with Gasteiger partial charge >= 0.3 is 0 Å². The number of benzene rings is 1. The molecule has 0 unspecified atom stereocenters. The summed E-state index contributed by atoms with van der Waals surface area (Å²) in [5, 5.41) is 6.85. The van der Waals surface area contributed by atoms with Crippen LogP contribution in [0.5, 0.6) is 0 Å². The maximum Gasteiger partial charge on any atom is 0.224 e. The summed E-state index contributed by atoms with van der Waals surface area (Å²) >= 11 is 0. The number of hydrogen-bond donors (Lipinski definition) is 1. The zero-order chi connectivity index (χ0) is 18.8. The molecule has 0 aliphatic rings. The van der Waals surface area contributed by atoms with Gasteiger partial charge in [-0.1, -0.05) is 23.4 Å². The summed E-state index contributed by atoms with van der Waals surface area (Å²) in [4.78, 5) is 21.3. The van der Waals surface area contributed by atoms with Crippen molar-refractivity contribution >= 4 is 16.9 Å². The second kappa shape index (κ2) is 7.03. The summed E-state index contributed by atoms with van der Waals surface area (Å²) in [5.74, 6) is 1.34. The van der Waals surface area contributed by atoms with Crippen LogP contribution >= 0.6 is 0 Å². The number of amides is 1. The Bertz CT molecular complexity index is 1090. The minimum atomic E-state index is -0.0882. The average molecular weight is 361 g/mol. The molecule has 0 atom stereocenters. The lowest BCUT2D eigenvalue weighted by molar-refractivity contribution is -0.120. The van der Waals surface area contributed by atoms with Crippen LogP contribution in [0.15, 0.2) is 53.4 Å². The molecular formula is C20H19N5O2. The van der Waals surface area contributed by atoms with Crippen molar-refractivity contribution in [1.29, 1.82) is 0 Å². The van der Waals surface area contributed by atoms with E-state index in [1.807, 2.05) is 54.8 Å². The highest BCUT2D eigenvalue weighted by atomic mass is 16.5. The van der Waals surface area contributed by atoms with Crippen molar-refractivity contribution in [2.45, 2.75) is 26.8 Å². The molecule has 0 saturated carbocycles. The third-order valence-electron chi connectivity index (χ3n) is 4.54. The second-order valence-corrected chi connectivity index (χ2v) is 6.35. The van der Waals surface area contributed by atoms with Gasteiger partial charge in [0.25, 0.3) is 0 Å². The van der Waals surface area contributed by atoms with E-state index in [9.17, 15) is 4.79 Å². The Balaban J connectivity index is 1.54. The summed E-state index contributed by atoms with van der Waals surface area (Å²) in [6.07, 6.45) is 3.73. The molecule has 0 saturated heterocycles. The van der Waals surface area contributed by atoms with Crippen LogP contribution in [0.3, 0.4) is 0 Å². The topological polar surface area (TPSA) is 85.8 Å². The van der Waals surface area contributed by atoms with Gasteiger partial charge in [0.2, 0.25) is 5.91 Å². The van der Waals surface area contributed by atoms with E-state index in [0.29, 0.717) is 12.3 Å². The molecule has 0 radical (unpaired) electrons. The molecule has 0 fully saturated rings. The third-order valence-corrected chi connectivity index (χ3v) is 4.54. The molecule has 136 valence electrons. The first-order valence-electron chi connectivity index (χ1n) is 8.68. The number of carbonyl (C=O) groups is 1. The SMILES string of the molecule is Cc1noc(C)c1CC(=O)NCc1cccnc1-n1cnc2ccccc21. The fraction of sp³-hybridized carbons (Fsp3) is 0.200. The van der Waals surface area contributed by atoms with Gasteiger partial charge in [-0.15, -0.1) is 0 Å². The molecular weight excluding hydrogens is 342 g/mol. The fourth-order valence-electron chi connectivity index (χ4n) is 3.08. The number of hydrogen-bond acceptors (Lipinski definition) is 5. The van der Waals surface area contributed by atoms with Crippen LogP contribution in [-0.4, -0.2) is 25.6 Å². The highest BCUT2D eigenvalue weighted by molar-refractivity contribution is 5.79. The first kappa shape index (κ1) is 17.0. The molecule has 1 N–H and O–H groups in total. The number of nitrogens with one attached hydrogen (secondary N) is 1. The van der Waals surface area contributed by atoms with Gasteiger partial charge in [-0.2, -0.15) is 0 Å². The third kappa shape index (κ3) is 3.31. The lowest BCUT2D eigenvalue weighted by Gasteiger charge is -2.11. The van der Waals surface area contributed by atoms with E-state index in [1.165, 1.54) is 0 Å². The van der Waals surface area contributed by atoms with E-state index in [1.54, 1.807) is 12.5 Å². The maximum absolute atomic E-state index is 12.4. The predicted molar refractivity (Wildman–Crippen MR) is 100 cm³/mol. The number of carbonyl (C=O) groups excluding carboxylic acids is 1. The number of aryl methyl sites for hydroxylation is 2. The van der Waals surface area contributed by atoms with Gasteiger partial charge in [0, 0.05) is 23.9 Å². The van der Waals surface area contributed by atoms with Gasteiger partial charge in [0.05, 0.1) is 23.1 Å². The Kier molecular flexibility index (Phi) is 4.42. The number of fused-ring (bicyclic) bond motifs is 1. The molecule has 3 aromatic heterocycles. The molecule has 27 heavy (non-hydrogen) atoms. The van der Waals surface area contributed by atoms with Crippen LogP contribution in [0.1, 0.15) is 22.6 Å². The predicted octanol–water partition coefficient (Wildman–Crippen LogP) is 2.88. The molecule has 0 bridgehead atoms. The summed E-state index contributed by atoms with van der Waals surface area (Å²) in [7, 11) is 0. The quantitative estimate of drug-likeness (QED) is 0.591. The smallest absolute Gasteiger partial charge is 0.224 e. The Morgan fingerprint density at radius 2 is 2.00 bits per heavy atom. The largest absolute Gasteiger partial charge is 0.361 e. The van der Waals surface area contributed by atoms with E-state index >= 15 is 0 Å². The molecule has 7 nitrogen and oxygen atoms in total. The Hall–Kier alpha value is -3.48. The Morgan fingerprint density at radius 3 is 2.81 bits per heavy atom. The minimum Gasteiger partial charge on any atom is -0.361 e. The molecule has 0 spiro atoms. The van der Waals surface area contributed by atoms with Crippen molar-refractivity contribution in [3.05, 3.63) is 71.5 Å². The number of aromatic nitrogens is 4. The molecule has 0 aliphatic carbocycles. The zero-order valence-electron chi connectivity index (χ0n) is 15.1. The van der Waals surface area contributed by atoms with Crippen LogP contribution in [0.2, 0.25) is 0 Å². The maximum atomic E-state index is 12.4. The first-order chi connectivity index (χ1) is 13.1.